The summed E-state index contributed by atoms with van der Waals surface area (Å²) in [7, 11) is 0. The zero-order valence-corrected chi connectivity index (χ0v) is 17.0. The molecule has 0 aliphatic rings. The molecule has 0 spiro atoms. The molecule has 7 heteroatoms. The normalized spacial score (nSPS) is 11.1. The second-order valence-corrected chi connectivity index (χ2v) is 7.56. The van der Waals surface area contributed by atoms with Gasteiger partial charge in [0.15, 0.2) is 6.61 Å². The van der Waals surface area contributed by atoms with Crippen molar-refractivity contribution >= 4 is 22.7 Å². The zero-order chi connectivity index (χ0) is 20.2. The van der Waals surface area contributed by atoms with Crippen LogP contribution in [0.2, 0.25) is 0 Å². The van der Waals surface area contributed by atoms with Gasteiger partial charge >= 0.3 is 5.63 Å². The van der Waals surface area contributed by atoms with Gasteiger partial charge in [-0.25, -0.2) is 4.79 Å². The molecule has 0 bridgehead atoms. The first-order chi connectivity index (χ1) is 14.1. The average Bonchev–Trinajstić information content (AvgIpc) is 3.18. The molecule has 148 valence electrons. The van der Waals surface area contributed by atoms with E-state index in [-0.39, 0.29) is 12.2 Å². The highest BCUT2D eigenvalue weighted by atomic mass is 32.2. The van der Waals surface area contributed by atoms with Crippen molar-refractivity contribution in [2.24, 2.45) is 0 Å². The van der Waals surface area contributed by atoms with E-state index >= 15 is 0 Å². The molecule has 0 aliphatic heterocycles. The first-order valence-electron chi connectivity index (χ1n) is 9.31. The van der Waals surface area contributed by atoms with Crippen molar-refractivity contribution < 1.29 is 13.6 Å². The van der Waals surface area contributed by atoms with Crippen LogP contribution in [0.1, 0.15) is 29.5 Å². The molecule has 0 amide bonds. The van der Waals surface area contributed by atoms with E-state index < -0.39 is 0 Å². The number of nitrogens with zero attached hydrogens (tertiary/aromatic N) is 2. The van der Waals surface area contributed by atoms with E-state index in [0.29, 0.717) is 22.4 Å². The molecule has 0 atom stereocenters. The molecule has 0 aliphatic carbocycles. The standard InChI is InChI=1S/C22H20N2O4S/c1-3-15-7-8-18-16(11-21(25)27-19(18)10-15)13-29-22-24-23-20(28-22)12-26-17-6-4-5-14(2)9-17/h4-11H,3,12-13H2,1-2H3. The van der Waals surface area contributed by atoms with Crippen molar-refractivity contribution in [3.05, 3.63) is 81.5 Å². The van der Waals surface area contributed by atoms with Crippen LogP contribution in [0, 0.1) is 6.92 Å². The van der Waals surface area contributed by atoms with Crippen LogP contribution >= 0.6 is 11.8 Å². The van der Waals surface area contributed by atoms with Gasteiger partial charge in [-0.3, -0.25) is 0 Å². The van der Waals surface area contributed by atoms with E-state index in [1.54, 1.807) is 0 Å². The Morgan fingerprint density at radius 2 is 1.97 bits per heavy atom. The lowest BCUT2D eigenvalue weighted by atomic mass is 10.1. The monoisotopic (exact) mass is 408 g/mol. The highest BCUT2D eigenvalue weighted by Crippen LogP contribution is 2.26. The van der Waals surface area contributed by atoms with Crippen molar-refractivity contribution in [2.75, 3.05) is 0 Å². The maximum absolute atomic E-state index is 11.9. The van der Waals surface area contributed by atoms with Crippen LogP contribution in [0.25, 0.3) is 11.0 Å². The number of aryl methyl sites for hydroxylation is 2. The second-order valence-electron chi connectivity index (χ2n) is 6.63. The smallest absolute Gasteiger partial charge is 0.336 e. The number of rotatable bonds is 7. The van der Waals surface area contributed by atoms with Gasteiger partial charge < -0.3 is 13.6 Å². The summed E-state index contributed by atoms with van der Waals surface area (Å²) < 4.78 is 16.7. The molecule has 0 saturated carbocycles. The maximum atomic E-state index is 11.9. The molecule has 2 aromatic carbocycles. The van der Waals surface area contributed by atoms with E-state index in [2.05, 4.69) is 17.1 Å². The van der Waals surface area contributed by atoms with Crippen LogP contribution < -0.4 is 10.4 Å². The Labute approximate surface area is 171 Å². The predicted molar refractivity (Wildman–Crippen MR) is 111 cm³/mol. The summed E-state index contributed by atoms with van der Waals surface area (Å²) >= 11 is 1.38. The van der Waals surface area contributed by atoms with Crippen molar-refractivity contribution in [2.45, 2.75) is 37.9 Å². The Morgan fingerprint density at radius 1 is 1.07 bits per heavy atom. The molecule has 2 aromatic heterocycles. The molecule has 0 radical (unpaired) electrons. The van der Waals surface area contributed by atoms with E-state index in [0.717, 1.165) is 34.2 Å². The summed E-state index contributed by atoms with van der Waals surface area (Å²) in [5, 5.41) is 9.43. The molecule has 0 saturated heterocycles. The number of hydrogen-bond acceptors (Lipinski definition) is 7. The van der Waals surface area contributed by atoms with Gasteiger partial charge in [0.1, 0.15) is 11.3 Å². The third-order valence-corrected chi connectivity index (χ3v) is 5.32. The largest absolute Gasteiger partial charge is 0.484 e. The Morgan fingerprint density at radius 3 is 2.79 bits per heavy atom. The fourth-order valence-electron chi connectivity index (χ4n) is 2.96. The number of ether oxygens (including phenoxy) is 1. The van der Waals surface area contributed by atoms with Crippen LogP contribution in [0.5, 0.6) is 5.75 Å². The molecular formula is C22H20N2O4S. The second kappa shape index (κ2) is 8.53. The van der Waals surface area contributed by atoms with Gasteiger partial charge in [0.2, 0.25) is 0 Å². The summed E-state index contributed by atoms with van der Waals surface area (Å²) in [4.78, 5) is 11.9. The van der Waals surface area contributed by atoms with Gasteiger partial charge in [0.25, 0.3) is 11.1 Å². The summed E-state index contributed by atoms with van der Waals surface area (Å²) in [5.74, 6) is 1.68. The minimum absolute atomic E-state index is 0.203. The number of fused-ring (bicyclic) bond motifs is 1. The van der Waals surface area contributed by atoms with Crippen LogP contribution in [-0.2, 0) is 18.8 Å². The molecule has 6 nitrogen and oxygen atoms in total. The lowest BCUT2D eigenvalue weighted by molar-refractivity contribution is 0.252. The topological polar surface area (TPSA) is 78.4 Å². The van der Waals surface area contributed by atoms with Crippen LogP contribution in [-0.4, -0.2) is 10.2 Å². The summed E-state index contributed by atoms with van der Waals surface area (Å²) in [5.41, 5.74) is 3.36. The number of hydrogen-bond donors (Lipinski definition) is 0. The molecule has 0 unspecified atom stereocenters. The third kappa shape index (κ3) is 4.68. The Hall–Kier alpha value is -3.06. The first kappa shape index (κ1) is 19.3. The van der Waals surface area contributed by atoms with Gasteiger partial charge in [-0.2, -0.15) is 0 Å². The van der Waals surface area contributed by atoms with E-state index in [1.165, 1.54) is 17.8 Å². The minimum atomic E-state index is -0.362. The maximum Gasteiger partial charge on any atom is 0.336 e. The Bertz CT molecular complexity index is 1200. The molecule has 0 N–H and O–H groups in total. The summed E-state index contributed by atoms with van der Waals surface area (Å²) in [6.45, 7) is 4.27. The number of benzene rings is 2. The van der Waals surface area contributed by atoms with Gasteiger partial charge in [-0.1, -0.05) is 43.0 Å². The fourth-order valence-corrected chi connectivity index (χ4v) is 3.73. The van der Waals surface area contributed by atoms with Crippen LogP contribution in [0.15, 0.2) is 67.4 Å². The molecular weight excluding hydrogens is 388 g/mol. The first-order valence-corrected chi connectivity index (χ1v) is 10.3. The Balaban J connectivity index is 1.44. The van der Waals surface area contributed by atoms with Crippen LogP contribution in [0.4, 0.5) is 0 Å². The Kier molecular flexibility index (Phi) is 5.67. The van der Waals surface area contributed by atoms with Gasteiger partial charge in [0, 0.05) is 17.2 Å². The summed E-state index contributed by atoms with van der Waals surface area (Å²) in [6, 6.07) is 15.2. The molecule has 29 heavy (non-hydrogen) atoms. The van der Waals surface area contributed by atoms with E-state index in [1.807, 2.05) is 49.4 Å². The van der Waals surface area contributed by atoms with E-state index in [9.17, 15) is 4.79 Å². The average molecular weight is 408 g/mol. The zero-order valence-electron chi connectivity index (χ0n) is 16.2. The number of aromatic nitrogens is 2. The highest BCUT2D eigenvalue weighted by Gasteiger charge is 2.11. The fraction of sp³-hybridized carbons (Fsp3) is 0.227. The van der Waals surface area contributed by atoms with Crippen LogP contribution in [0.3, 0.4) is 0 Å². The van der Waals surface area contributed by atoms with Crippen molar-refractivity contribution in [3.63, 3.8) is 0 Å². The van der Waals surface area contributed by atoms with Crippen molar-refractivity contribution in [1.82, 2.24) is 10.2 Å². The lowest BCUT2D eigenvalue weighted by Gasteiger charge is -2.05. The minimum Gasteiger partial charge on any atom is -0.484 e. The van der Waals surface area contributed by atoms with Gasteiger partial charge in [-0.05, 0) is 48.2 Å². The van der Waals surface area contributed by atoms with E-state index in [4.69, 9.17) is 13.6 Å². The van der Waals surface area contributed by atoms with Crippen molar-refractivity contribution in [3.8, 4) is 5.75 Å². The third-order valence-electron chi connectivity index (χ3n) is 4.45. The highest BCUT2D eigenvalue weighted by molar-refractivity contribution is 7.98. The molecule has 0 fully saturated rings. The molecule has 2 heterocycles. The number of thioether (sulfide) groups is 1. The molecule has 4 rings (SSSR count). The quantitative estimate of drug-likeness (QED) is 0.317. The lowest BCUT2D eigenvalue weighted by Crippen LogP contribution is -2.00. The summed E-state index contributed by atoms with van der Waals surface area (Å²) in [6.07, 6.45) is 0.883. The van der Waals surface area contributed by atoms with Gasteiger partial charge in [-0.15, -0.1) is 10.2 Å². The van der Waals surface area contributed by atoms with Gasteiger partial charge in [0.05, 0.1) is 0 Å². The van der Waals surface area contributed by atoms with Crippen molar-refractivity contribution in [1.29, 1.82) is 0 Å². The SMILES string of the molecule is CCc1ccc2c(CSc3nnc(COc4cccc(C)c4)o3)cc(=O)oc2c1. The molecule has 4 aromatic rings. The predicted octanol–water partition coefficient (Wildman–Crippen LogP) is 4.92.